The number of thioether (sulfide) groups is 1. The van der Waals surface area contributed by atoms with Crippen molar-refractivity contribution >= 4 is 53.2 Å². The molecular weight excluding hydrogens is 572 g/mol. The summed E-state index contributed by atoms with van der Waals surface area (Å²) < 4.78 is 0. The van der Waals surface area contributed by atoms with Crippen molar-refractivity contribution in [2.75, 3.05) is 12.0 Å². The maximum atomic E-state index is 13.2. The Bertz CT molecular complexity index is 965. The molecule has 5 amide bonds. The summed E-state index contributed by atoms with van der Waals surface area (Å²) in [7, 11) is 0. The van der Waals surface area contributed by atoms with E-state index in [0.717, 1.165) is 0 Å². The van der Waals surface area contributed by atoms with E-state index >= 15 is 0 Å². The summed E-state index contributed by atoms with van der Waals surface area (Å²) in [5.74, 6) is -6.86. The van der Waals surface area contributed by atoms with Crippen molar-refractivity contribution in [3.63, 3.8) is 0 Å². The number of carbonyl (C=O) groups excluding carboxylic acids is 5. The molecule has 0 bridgehead atoms. The molecule has 0 rings (SSSR count). The number of carboxylic acid groups (broad SMARTS) is 2. The van der Waals surface area contributed by atoms with Gasteiger partial charge in [-0.05, 0) is 43.1 Å². The third-order valence-electron chi connectivity index (χ3n) is 6.40. The smallest absolute Gasteiger partial charge is 0.326 e. The third kappa shape index (κ3) is 15.0. The quantitative estimate of drug-likeness (QED) is 0.0767. The predicted octanol–water partition coefficient (Wildman–Crippen LogP) is -1.08. The van der Waals surface area contributed by atoms with Gasteiger partial charge in [-0.2, -0.15) is 11.8 Å². The van der Waals surface area contributed by atoms with Crippen LogP contribution in [0.4, 0.5) is 0 Å². The maximum absolute atomic E-state index is 13.2. The van der Waals surface area contributed by atoms with E-state index < -0.39 is 84.0 Å². The van der Waals surface area contributed by atoms with Gasteiger partial charge in [0.05, 0.1) is 12.5 Å². The summed E-state index contributed by atoms with van der Waals surface area (Å²) in [6, 6.07) is -6.47. The van der Waals surface area contributed by atoms with E-state index in [2.05, 4.69) is 21.3 Å². The second-order valence-electron chi connectivity index (χ2n) is 10.5. The lowest BCUT2D eigenvalue weighted by Gasteiger charge is -2.28. The van der Waals surface area contributed by atoms with Crippen molar-refractivity contribution in [2.45, 2.75) is 96.4 Å². The number of carboxylic acids is 2. The molecule has 0 aromatic rings. The number of nitrogens with one attached hydrogen (secondary N) is 4. The lowest BCUT2D eigenvalue weighted by molar-refractivity contribution is -0.143. The summed E-state index contributed by atoms with van der Waals surface area (Å²) in [4.78, 5) is 86.5. The zero-order chi connectivity index (χ0) is 32.6. The van der Waals surface area contributed by atoms with E-state index in [1.165, 1.54) is 11.8 Å². The van der Waals surface area contributed by atoms with Gasteiger partial charge in [0.1, 0.15) is 24.2 Å². The van der Waals surface area contributed by atoms with Gasteiger partial charge in [0.15, 0.2) is 0 Å². The monoisotopic (exact) mass is 618 g/mol. The number of aliphatic carboxylic acids is 2. The number of hydrogen-bond acceptors (Lipinski definition) is 9. The van der Waals surface area contributed by atoms with Gasteiger partial charge in [-0.1, -0.05) is 34.1 Å². The Hall–Kier alpha value is -3.40. The molecule has 240 valence electrons. The Labute approximate surface area is 250 Å². The molecule has 0 aromatic carbocycles. The molecule has 0 aliphatic carbocycles. The Morgan fingerprint density at radius 3 is 1.81 bits per heavy atom. The van der Waals surface area contributed by atoms with Gasteiger partial charge in [0, 0.05) is 6.42 Å². The van der Waals surface area contributed by atoms with Gasteiger partial charge in [0.2, 0.25) is 29.5 Å². The first-order valence-electron chi connectivity index (χ1n) is 13.7. The zero-order valence-electron chi connectivity index (χ0n) is 24.8. The molecule has 0 aromatic heterocycles. The average Bonchev–Trinajstić information content (AvgIpc) is 2.89. The maximum Gasteiger partial charge on any atom is 0.326 e. The van der Waals surface area contributed by atoms with Gasteiger partial charge >= 0.3 is 11.9 Å². The molecule has 0 aliphatic heterocycles. The first-order valence-corrected chi connectivity index (χ1v) is 15.1. The highest BCUT2D eigenvalue weighted by atomic mass is 32.2. The molecule has 0 radical (unpaired) electrons. The number of primary amides is 1. The van der Waals surface area contributed by atoms with Crippen molar-refractivity contribution in [1.82, 2.24) is 21.3 Å². The highest BCUT2D eigenvalue weighted by Gasteiger charge is 2.34. The number of rotatable bonds is 21. The third-order valence-corrected chi connectivity index (χ3v) is 7.05. The number of amides is 5. The minimum absolute atomic E-state index is 0.0688. The molecule has 0 aliphatic rings. The lowest BCUT2D eigenvalue weighted by atomic mass is 9.97. The molecule has 0 fully saturated rings. The fourth-order valence-corrected chi connectivity index (χ4v) is 4.29. The Morgan fingerprint density at radius 1 is 0.786 bits per heavy atom. The molecule has 0 heterocycles. The standard InChI is InChI=1S/C26H46N6O9S/c1-6-14(4)21(25(39)30-17(26(40)41)9-10-42-5)32-24(38)18(12-20(34)35)31-23(37)16(7-8-19(28)33)29-22(36)15(27)11-13(2)3/h13-18,21H,6-12,27H2,1-5H3,(H2,28,33)(H,29,36)(H,30,39)(H,31,37)(H,32,38)(H,34,35)(H,40,41). The first kappa shape index (κ1) is 38.6. The normalized spacial score (nSPS) is 15.3. The van der Waals surface area contributed by atoms with Gasteiger partial charge in [-0.25, -0.2) is 4.79 Å². The van der Waals surface area contributed by atoms with Crippen molar-refractivity contribution in [3.8, 4) is 0 Å². The molecule has 16 heteroatoms. The topological polar surface area (TPSA) is 260 Å². The van der Waals surface area contributed by atoms with Gasteiger partial charge in [0.25, 0.3) is 0 Å². The van der Waals surface area contributed by atoms with Crippen LogP contribution in [0.15, 0.2) is 0 Å². The van der Waals surface area contributed by atoms with E-state index in [1.807, 2.05) is 13.8 Å². The van der Waals surface area contributed by atoms with Crippen LogP contribution in [0, 0.1) is 11.8 Å². The first-order chi connectivity index (χ1) is 19.5. The summed E-state index contributed by atoms with van der Waals surface area (Å²) in [6.45, 7) is 7.08. The van der Waals surface area contributed by atoms with Crippen molar-refractivity contribution in [2.24, 2.45) is 23.3 Å². The Balaban J connectivity index is 5.93. The number of carbonyl (C=O) groups is 7. The van der Waals surface area contributed by atoms with Crippen LogP contribution in [-0.2, 0) is 33.6 Å². The van der Waals surface area contributed by atoms with Crippen LogP contribution in [0.2, 0.25) is 0 Å². The minimum atomic E-state index is -1.68. The van der Waals surface area contributed by atoms with E-state index in [9.17, 15) is 43.8 Å². The Kier molecular flexibility index (Phi) is 18.1. The largest absolute Gasteiger partial charge is 0.481 e. The van der Waals surface area contributed by atoms with E-state index in [-0.39, 0.29) is 25.2 Å². The fraction of sp³-hybridized carbons (Fsp3) is 0.731. The van der Waals surface area contributed by atoms with E-state index in [0.29, 0.717) is 18.6 Å². The van der Waals surface area contributed by atoms with E-state index in [4.69, 9.17) is 11.5 Å². The van der Waals surface area contributed by atoms with Crippen LogP contribution < -0.4 is 32.7 Å². The van der Waals surface area contributed by atoms with Crippen LogP contribution in [0.1, 0.15) is 66.2 Å². The summed E-state index contributed by atoms with van der Waals surface area (Å²) in [6.07, 6.45) is 1.21. The van der Waals surface area contributed by atoms with Gasteiger partial charge in [-0.15, -0.1) is 0 Å². The second kappa shape index (κ2) is 19.7. The molecule has 0 saturated carbocycles. The Morgan fingerprint density at radius 2 is 1.33 bits per heavy atom. The highest BCUT2D eigenvalue weighted by molar-refractivity contribution is 7.98. The average molecular weight is 619 g/mol. The van der Waals surface area contributed by atoms with Crippen molar-refractivity contribution < 1.29 is 43.8 Å². The SMILES string of the molecule is CCC(C)C(NC(=O)C(CC(=O)O)NC(=O)C(CCC(N)=O)NC(=O)C(N)CC(C)C)C(=O)NC(CCSC)C(=O)O. The molecule has 0 spiro atoms. The van der Waals surface area contributed by atoms with Crippen LogP contribution in [-0.4, -0.2) is 93.9 Å². The molecule has 6 unspecified atom stereocenters. The molecule has 42 heavy (non-hydrogen) atoms. The van der Waals surface area contributed by atoms with E-state index in [1.54, 1.807) is 20.1 Å². The van der Waals surface area contributed by atoms with Crippen LogP contribution in [0.25, 0.3) is 0 Å². The van der Waals surface area contributed by atoms with Crippen molar-refractivity contribution in [3.05, 3.63) is 0 Å². The molecular formula is C26H46N6O9S. The van der Waals surface area contributed by atoms with Gasteiger partial charge < -0.3 is 42.9 Å². The molecule has 0 saturated heterocycles. The molecule has 10 N–H and O–H groups in total. The predicted molar refractivity (Wildman–Crippen MR) is 156 cm³/mol. The lowest BCUT2D eigenvalue weighted by Crippen LogP contribution is -2.60. The fourth-order valence-electron chi connectivity index (χ4n) is 3.82. The molecule has 6 atom stereocenters. The van der Waals surface area contributed by atoms with Crippen LogP contribution >= 0.6 is 11.8 Å². The number of nitrogens with two attached hydrogens (primary N) is 2. The zero-order valence-corrected chi connectivity index (χ0v) is 25.6. The van der Waals surface area contributed by atoms with Crippen LogP contribution in [0.3, 0.4) is 0 Å². The molecule has 15 nitrogen and oxygen atoms in total. The highest BCUT2D eigenvalue weighted by Crippen LogP contribution is 2.11. The van der Waals surface area contributed by atoms with Crippen LogP contribution in [0.5, 0.6) is 0 Å². The minimum Gasteiger partial charge on any atom is -0.481 e. The second-order valence-corrected chi connectivity index (χ2v) is 11.5. The van der Waals surface area contributed by atoms with Gasteiger partial charge in [-0.3, -0.25) is 28.8 Å². The van der Waals surface area contributed by atoms with Crippen molar-refractivity contribution in [1.29, 1.82) is 0 Å². The number of hydrogen-bond donors (Lipinski definition) is 8. The summed E-state index contributed by atoms with van der Waals surface area (Å²) in [5, 5.41) is 28.4. The summed E-state index contributed by atoms with van der Waals surface area (Å²) >= 11 is 1.40. The summed E-state index contributed by atoms with van der Waals surface area (Å²) in [5.41, 5.74) is 11.1.